The molecule has 12 heavy (non-hydrogen) atoms. The van der Waals surface area contributed by atoms with E-state index in [1.807, 2.05) is 42.5 Å². The number of rotatable bonds is 0. The normalized spacial score (nSPS) is 16.3. The summed E-state index contributed by atoms with van der Waals surface area (Å²) in [6.07, 6.45) is 13.6. The number of hydrogen-bond acceptors (Lipinski definition) is 2. The highest BCUT2D eigenvalue weighted by Gasteiger charge is 1.95. The molecule has 58 valence electrons. The zero-order chi connectivity index (χ0) is 8.23. The lowest BCUT2D eigenvalue weighted by atomic mass is 10.1. The first-order chi connectivity index (χ1) is 5.97. The Morgan fingerprint density at radius 2 is 1.83 bits per heavy atom. The summed E-state index contributed by atoms with van der Waals surface area (Å²) in [6, 6.07) is 1.95. The van der Waals surface area contributed by atoms with Crippen molar-refractivity contribution >= 4 is 12.2 Å². The van der Waals surface area contributed by atoms with Crippen molar-refractivity contribution < 1.29 is 1.43 Å². The van der Waals surface area contributed by atoms with Gasteiger partial charge >= 0.3 is 1.43 Å². The van der Waals surface area contributed by atoms with E-state index in [1.54, 1.807) is 6.20 Å². The van der Waals surface area contributed by atoms with Crippen LogP contribution in [0.15, 0.2) is 36.6 Å². The lowest BCUT2D eigenvalue weighted by molar-refractivity contribution is 1.01. The van der Waals surface area contributed by atoms with Crippen LogP contribution in [0.4, 0.5) is 0 Å². The molecule has 1 aliphatic carbocycles. The molecule has 2 rings (SSSR count). The average molecular weight is 157 g/mol. The summed E-state index contributed by atoms with van der Waals surface area (Å²) in [5.41, 5.74) is 2.02. The minimum Gasteiger partial charge on any atom is -0.159 e. The Bertz CT molecular complexity index is 332. The summed E-state index contributed by atoms with van der Waals surface area (Å²) in [6.45, 7) is 0. The van der Waals surface area contributed by atoms with Crippen molar-refractivity contribution in [2.24, 2.45) is 0 Å². The molecule has 0 atom stereocenters. The van der Waals surface area contributed by atoms with E-state index in [2.05, 4.69) is 10.2 Å². The molecule has 1 aromatic rings. The first-order valence-corrected chi connectivity index (χ1v) is 3.80. The van der Waals surface area contributed by atoms with E-state index in [1.165, 1.54) is 0 Å². The van der Waals surface area contributed by atoms with Crippen LogP contribution < -0.4 is 0 Å². The van der Waals surface area contributed by atoms with Gasteiger partial charge in [-0.3, -0.25) is 0 Å². The third kappa shape index (κ3) is 1.32. The van der Waals surface area contributed by atoms with Gasteiger partial charge in [0.1, 0.15) is 0 Å². The molecule has 1 aliphatic rings. The first-order valence-electron chi connectivity index (χ1n) is 3.80. The maximum Gasteiger partial charge on any atom is 1.00 e. The molecule has 0 saturated carbocycles. The Morgan fingerprint density at radius 3 is 2.75 bits per heavy atom. The van der Waals surface area contributed by atoms with Gasteiger partial charge in [-0.05, 0) is 12.1 Å². The molecule has 2 heteroatoms. The van der Waals surface area contributed by atoms with Gasteiger partial charge in [0.2, 0.25) is 0 Å². The van der Waals surface area contributed by atoms with Crippen molar-refractivity contribution in [2.75, 3.05) is 0 Å². The zero-order valence-corrected chi connectivity index (χ0v) is 6.51. The standard InChI is InChI=1S/C10H8N2/c1-2-4-6-10-9(5-3-1)7-8-11-12-10/h1-8H/p+1/b2-1?,3-1?,4-2?,5-3?,6-4-,9-5?,10-6?. The summed E-state index contributed by atoms with van der Waals surface area (Å²) in [7, 11) is 0. The largest absolute Gasteiger partial charge is 1.00 e. The van der Waals surface area contributed by atoms with Gasteiger partial charge in [0.15, 0.2) is 0 Å². The molecule has 0 amide bonds. The third-order valence-corrected chi connectivity index (χ3v) is 1.65. The fourth-order valence-corrected chi connectivity index (χ4v) is 1.06. The van der Waals surface area contributed by atoms with Crippen LogP contribution in [0.3, 0.4) is 0 Å². The van der Waals surface area contributed by atoms with Crippen LogP contribution >= 0.6 is 0 Å². The van der Waals surface area contributed by atoms with Crippen LogP contribution in [-0.4, -0.2) is 10.2 Å². The summed E-state index contributed by atoms with van der Waals surface area (Å²) in [4.78, 5) is 0. The van der Waals surface area contributed by atoms with Gasteiger partial charge in [-0.1, -0.05) is 30.4 Å². The topological polar surface area (TPSA) is 25.8 Å². The number of fused-ring (bicyclic) bond motifs is 1. The van der Waals surface area contributed by atoms with Crippen LogP contribution in [0.2, 0.25) is 0 Å². The van der Waals surface area contributed by atoms with E-state index in [9.17, 15) is 0 Å². The maximum atomic E-state index is 4.00. The molecule has 0 saturated heterocycles. The Kier molecular flexibility index (Phi) is 1.82. The van der Waals surface area contributed by atoms with Gasteiger partial charge < -0.3 is 0 Å². The predicted octanol–water partition coefficient (Wildman–Crippen LogP) is 2.19. The van der Waals surface area contributed by atoms with E-state index in [4.69, 9.17) is 0 Å². The highest BCUT2D eigenvalue weighted by atomic mass is 15.1. The molecule has 0 aliphatic heterocycles. The molecule has 0 fully saturated rings. The molecule has 0 unspecified atom stereocenters. The minimum atomic E-state index is 0. The minimum absolute atomic E-state index is 0. The molecule has 1 heterocycles. The van der Waals surface area contributed by atoms with Crippen LogP contribution in [0.1, 0.15) is 12.7 Å². The highest BCUT2D eigenvalue weighted by Crippen LogP contribution is 2.10. The Balaban J connectivity index is 0.000000845. The van der Waals surface area contributed by atoms with Crippen LogP contribution in [0.25, 0.3) is 12.2 Å². The van der Waals surface area contributed by atoms with Crippen molar-refractivity contribution in [3.8, 4) is 0 Å². The lowest BCUT2D eigenvalue weighted by Gasteiger charge is -1.97. The van der Waals surface area contributed by atoms with Crippen LogP contribution in [0, 0.1) is 0 Å². The third-order valence-electron chi connectivity index (χ3n) is 1.65. The number of hydrogen-bond donors (Lipinski definition) is 0. The average Bonchev–Trinajstić information content (AvgIpc) is 2.06. The smallest absolute Gasteiger partial charge is 0.159 e. The second-order valence-electron chi connectivity index (χ2n) is 2.47. The van der Waals surface area contributed by atoms with Gasteiger partial charge in [-0.15, -0.1) is 0 Å². The highest BCUT2D eigenvalue weighted by molar-refractivity contribution is 5.64. The second kappa shape index (κ2) is 3.13. The molecule has 0 bridgehead atoms. The molecule has 0 radical (unpaired) electrons. The molecule has 0 aromatic carbocycles. The Morgan fingerprint density at radius 1 is 1.00 bits per heavy atom. The summed E-state index contributed by atoms with van der Waals surface area (Å²) >= 11 is 0. The van der Waals surface area contributed by atoms with Crippen molar-refractivity contribution in [1.82, 2.24) is 10.2 Å². The van der Waals surface area contributed by atoms with E-state index in [0.717, 1.165) is 11.3 Å². The summed E-state index contributed by atoms with van der Waals surface area (Å²) < 4.78 is 0. The molecular formula is C10H9N2+. The maximum absolute atomic E-state index is 4.00. The molecular weight excluding hydrogens is 148 g/mol. The van der Waals surface area contributed by atoms with E-state index in [-0.39, 0.29) is 1.43 Å². The molecule has 2 nitrogen and oxygen atoms in total. The van der Waals surface area contributed by atoms with Crippen molar-refractivity contribution in [1.29, 1.82) is 0 Å². The fourth-order valence-electron chi connectivity index (χ4n) is 1.06. The summed E-state index contributed by atoms with van der Waals surface area (Å²) in [5, 5.41) is 7.81. The van der Waals surface area contributed by atoms with Crippen LogP contribution in [-0.2, 0) is 0 Å². The molecule has 0 N–H and O–H groups in total. The monoisotopic (exact) mass is 157 g/mol. The first kappa shape index (κ1) is 6.98. The predicted molar refractivity (Wildman–Crippen MR) is 50.4 cm³/mol. The molecule has 0 spiro atoms. The van der Waals surface area contributed by atoms with E-state index < -0.39 is 0 Å². The SMILES string of the molecule is C1=C/C=C\c2nnccc2C=C1.[H+]. The number of aromatic nitrogens is 2. The summed E-state index contributed by atoms with van der Waals surface area (Å²) in [5.74, 6) is 0. The van der Waals surface area contributed by atoms with Gasteiger partial charge in [-0.2, -0.15) is 10.2 Å². The number of nitrogens with zero attached hydrogens (tertiary/aromatic N) is 2. The molecule has 1 aromatic heterocycles. The van der Waals surface area contributed by atoms with Crippen molar-refractivity contribution in [3.63, 3.8) is 0 Å². The lowest BCUT2D eigenvalue weighted by Crippen LogP contribution is -1.89. The van der Waals surface area contributed by atoms with Gasteiger partial charge in [0, 0.05) is 5.56 Å². The van der Waals surface area contributed by atoms with Gasteiger partial charge in [0.25, 0.3) is 0 Å². The van der Waals surface area contributed by atoms with Crippen molar-refractivity contribution in [2.45, 2.75) is 0 Å². The van der Waals surface area contributed by atoms with E-state index >= 15 is 0 Å². The Hall–Kier alpha value is -1.70. The van der Waals surface area contributed by atoms with Gasteiger partial charge in [-0.25, -0.2) is 0 Å². The zero-order valence-electron chi connectivity index (χ0n) is 7.51. The van der Waals surface area contributed by atoms with Crippen molar-refractivity contribution in [3.05, 3.63) is 47.8 Å². The fraction of sp³-hybridized carbons (Fsp3) is 0. The van der Waals surface area contributed by atoms with E-state index in [0.29, 0.717) is 0 Å². The number of allylic oxidation sites excluding steroid dienone is 4. The van der Waals surface area contributed by atoms with Gasteiger partial charge in [0.05, 0.1) is 11.9 Å². The quantitative estimate of drug-likeness (QED) is 0.577. The van der Waals surface area contributed by atoms with Crippen LogP contribution in [0.5, 0.6) is 0 Å². The Labute approximate surface area is 72.4 Å². The second-order valence-corrected chi connectivity index (χ2v) is 2.47.